The SMILES string of the molecule is COC(=O)N[C@H](C(=O)N1CCCC1c1ncc(-c2ccc3cc(-c4ccc(-c5cnc([C@@H](C)CCCNC(=O)OC(C)(C)C)[nH]5)cc4)ccc3c2)[nH]1)C(C)C. The highest BCUT2D eigenvalue weighted by Gasteiger charge is 2.37. The number of carbonyl (C=O) groups excluding carboxylic acids is 3. The van der Waals surface area contributed by atoms with Gasteiger partial charge in [-0.3, -0.25) is 4.79 Å². The minimum absolute atomic E-state index is 0.0949. The summed E-state index contributed by atoms with van der Waals surface area (Å²) in [6.45, 7) is 12.7. The van der Waals surface area contributed by atoms with Gasteiger partial charge in [0.2, 0.25) is 5.91 Å². The molecule has 12 heteroatoms. The molecule has 1 aliphatic heterocycles. The molecule has 0 spiro atoms. The number of hydrogen-bond donors (Lipinski definition) is 4. The Morgan fingerprint density at radius 1 is 0.855 bits per heavy atom. The van der Waals surface area contributed by atoms with Gasteiger partial charge in [-0.05, 0) is 92.0 Å². The minimum Gasteiger partial charge on any atom is -0.453 e. The van der Waals surface area contributed by atoms with Gasteiger partial charge in [-0.1, -0.05) is 69.3 Å². The molecule has 0 aliphatic carbocycles. The van der Waals surface area contributed by atoms with Crippen molar-refractivity contribution in [2.75, 3.05) is 20.2 Å². The van der Waals surface area contributed by atoms with E-state index in [4.69, 9.17) is 14.5 Å². The lowest BCUT2D eigenvalue weighted by molar-refractivity contribution is -0.135. The average molecular weight is 748 g/mol. The Morgan fingerprint density at radius 3 is 2.18 bits per heavy atom. The van der Waals surface area contributed by atoms with Crippen LogP contribution in [0.5, 0.6) is 0 Å². The largest absolute Gasteiger partial charge is 0.453 e. The van der Waals surface area contributed by atoms with E-state index in [1.54, 1.807) is 0 Å². The molecule has 0 saturated carbocycles. The first kappa shape index (κ1) is 39.1. The summed E-state index contributed by atoms with van der Waals surface area (Å²) in [6, 6.07) is 20.5. The second-order valence-corrected chi connectivity index (χ2v) is 15.7. The maximum absolute atomic E-state index is 13.6. The Hall–Kier alpha value is -5.65. The van der Waals surface area contributed by atoms with Crippen molar-refractivity contribution in [2.24, 2.45) is 5.92 Å². The number of nitrogens with one attached hydrogen (secondary N) is 4. The number of nitrogens with zero attached hydrogens (tertiary/aromatic N) is 3. The van der Waals surface area contributed by atoms with Gasteiger partial charge in [0, 0.05) is 24.6 Å². The number of amides is 3. The van der Waals surface area contributed by atoms with Crippen molar-refractivity contribution in [3.05, 3.63) is 84.7 Å². The molecule has 55 heavy (non-hydrogen) atoms. The summed E-state index contributed by atoms with van der Waals surface area (Å²) in [5.74, 6) is 1.67. The molecule has 6 rings (SSSR count). The number of aromatic nitrogens is 4. The second kappa shape index (κ2) is 16.8. The number of alkyl carbamates (subject to hydrolysis) is 2. The van der Waals surface area contributed by atoms with E-state index < -0.39 is 17.7 Å². The maximum atomic E-state index is 13.6. The fraction of sp³-hybridized carbons (Fsp3) is 0.419. The van der Waals surface area contributed by atoms with Crippen LogP contribution in [0.15, 0.2) is 73.1 Å². The average Bonchev–Trinajstić information content (AvgIpc) is 3.96. The molecule has 3 aromatic carbocycles. The van der Waals surface area contributed by atoms with Crippen LogP contribution in [0.2, 0.25) is 0 Å². The van der Waals surface area contributed by atoms with Gasteiger partial charge in [0.25, 0.3) is 0 Å². The van der Waals surface area contributed by atoms with E-state index in [0.717, 1.165) is 81.7 Å². The van der Waals surface area contributed by atoms with Crippen LogP contribution in [0.1, 0.15) is 90.8 Å². The van der Waals surface area contributed by atoms with Crippen LogP contribution < -0.4 is 10.6 Å². The number of rotatable bonds is 12. The van der Waals surface area contributed by atoms with Crippen molar-refractivity contribution < 1.29 is 23.9 Å². The highest BCUT2D eigenvalue weighted by molar-refractivity contribution is 5.91. The van der Waals surface area contributed by atoms with E-state index in [2.05, 4.69) is 93.2 Å². The monoisotopic (exact) mass is 747 g/mol. The van der Waals surface area contributed by atoms with Crippen LogP contribution >= 0.6 is 0 Å². The summed E-state index contributed by atoms with van der Waals surface area (Å²) >= 11 is 0. The molecule has 0 bridgehead atoms. The quantitative estimate of drug-likeness (QED) is 0.0931. The first-order valence-corrected chi connectivity index (χ1v) is 19.2. The van der Waals surface area contributed by atoms with E-state index in [0.29, 0.717) is 13.1 Å². The fourth-order valence-electron chi connectivity index (χ4n) is 7.06. The molecule has 1 unspecified atom stereocenters. The molecule has 3 amide bonds. The molecular formula is C43H53N7O5. The van der Waals surface area contributed by atoms with Crippen LogP contribution in [0.25, 0.3) is 44.4 Å². The smallest absolute Gasteiger partial charge is 0.407 e. The molecule has 12 nitrogen and oxygen atoms in total. The number of imidazole rings is 2. The Bertz CT molecular complexity index is 2110. The highest BCUT2D eigenvalue weighted by atomic mass is 16.6. The Kier molecular flexibility index (Phi) is 11.9. The molecule has 1 aliphatic rings. The third-order valence-electron chi connectivity index (χ3n) is 10.1. The van der Waals surface area contributed by atoms with Gasteiger partial charge in [-0.25, -0.2) is 19.6 Å². The number of fused-ring (bicyclic) bond motifs is 1. The van der Waals surface area contributed by atoms with Crippen LogP contribution in [0.3, 0.4) is 0 Å². The van der Waals surface area contributed by atoms with Crippen LogP contribution in [0.4, 0.5) is 9.59 Å². The molecule has 3 heterocycles. The standard InChI is InChI=1S/C43H53N7O5/c1-26(2)37(49-42(53)54-7)40(51)50-21-9-11-36(50)39-46-25-35(48-39)33-19-18-31-22-30(16-17-32(31)23-33)28-12-14-29(15-13-28)34-24-45-38(47-34)27(3)10-8-20-44-41(52)55-43(4,5)6/h12-19,22-27,36-37H,8-11,20-21H2,1-7H3,(H,44,52)(H,45,47)(H,46,48)(H,49,53)/t27-,36?,37-/m0/s1. The van der Waals surface area contributed by atoms with Crippen molar-refractivity contribution >= 4 is 28.9 Å². The highest BCUT2D eigenvalue weighted by Crippen LogP contribution is 2.34. The summed E-state index contributed by atoms with van der Waals surface area (Å²) in [6.07, 6.45) is 6.07. The second-order valence-electron chi connectivity index (χ2n) is 15.7. The van der Waals surface area contributed by atoms with Gasteiger partial charge < -0.3 is 35.0 Å². The predicted octanol–water partition coefficient (Wildman–Crippen LogP) is 8.74. The lowest BCUT2D eigenvalue weighted by atomic mass is 9.98. The topological polar surface area (TPSA) is 154 Å². The maximum Gasteiger partial charge on any atom is 0.407 e. The van der Waals surface area contributed by atoms with Gasteiger partial charge in [0.05, 0.1) is 36.9 Å². The van der Waals surface area contributed by atoms with Gasteiger partial charge in [0.1, 0.15) is 23.3 Å². The van der Waals surface area contributed by atoms with Crippen molar-refractivity contribution in [1.29, 1.82) is 0 Å². The molecule has 1 fully saturated rings. The van der Waals surface area contributed by atoms with Crippen molar-refractivity contribution in [3.63, 3.8) is 0 Å². The van der Waals surface area contributed by atoms with Crippen LogP contribution in [0, 0.1) is 5.92 Å². The van der Waals surface area contributed by atoms with Crippen molar-refractivity contribution in [3.8, 4) is 33.6 Å². The predicted molar refractivity (Wildman–Crippen MR) is 214 cm³/mol. The summed E-state index contributed by atoms with van der Waals surface area (Å²) in [5.41, 5.74) is 5.67. The van der Waals surface area contributed by atoms with E-state index in [1.807, 2.05) is 51.9 Å². The number of hydrogen-bond acceptors (Lipinski definition) is 7. The zero-order valence-corrected chi connectivity index (χ0v) is 32.9. The zero-order chi connectivity index (χ0) is 39.3. The number of likely N-dealkylation sites (tertiary alicyclic amines) is 1. The first-order chi connectivity index (χ1) is 26.3. The Labute approximate surface area is 322 Å². The molecule has 4 N–H and O–H groups in total. The third-order valence-corrected chi connectivity index (χ3v) is 10.1. The van der Waals surface area contributed by atoms with E-state index in [-0.39, 0.29) is 29.9 Å². The normalized spacial score (nSPS) is 15.6. The molecule has 290 valence electrons. The summed E-state index contributed by atoms with van der Waals surface area (Å²) < 4.78 is 10.1. The molecule has 1 saturated heterocycles. The third kappa shape index (κ3) is 9.54. The van der Waals surface area contributed by atoms with Gasteiger partial charge >= 0.3 is 12.2 Å². The molecule has 0 radical (unpaired) electrons. The Balaban J connectivity index is 1.08. The Morgan fingerprint density at radius 2 is 1.49 bits per heavy atom. The lowest BCUT2D eigenvalue weighted by Crippen LogP contribution is -2.51. The molecule has 2 aromatic heterocycles. The first-order valence-electron chi connectivity index (χ1n) is 19.2. The number of methoxy groups -OCH3 is 1. The van der Waals surface area contributed by atoms with Crippen molar-refractivity contribution in [2.45, 2.75) is 90.8 Å². The van der Waals surface area contributed by atoms with Crippen LogP contribution in [-0.4, -0.2) is 74.8 Å². The van der Waals surface area contributed by atoms with Gasteiger partial charge in [-0.15, -0.1) is 0 Å². The zero-order valence-electron chi connectivity index (χ0n) is 32.9. The molecule has 5 aromatic rings. The number of aromatic amines is 2. The summed E-state index contributed by atoms with van der Waals surface area (Å²) in [5, 5.41) is 7.77. The summed E-state index contributed by atoms with van der Waals surface area (Å²) in [4.78, 5) is 55.6. The summed E-state index contributed by atoms with van der Waals surface area (Å²) in [7, 11) is 1.30. The van der Waals surface area contributed by atoms with E-state index in [9.17, 15) is 14.4 Å². The van der Waals surface area contributed by atoms with Crippen molar-refractivity contribution in [1.82, 2.24) is 35.5 Å². The van der Waals surface area contributed by atoms with Gasteiger partial charge in [0.15, 0.2) is 0 Å². The fourth-order valence-corrected chi connectivity index (χ4v) is 7.06. The van der Waals surface area contributed by atoms with E-state index in [1.165, 1.54) is 7.11 Å². The number of H-pyrrole nitrogens is 2. The number of benzene rings is 3. The number of carbonyl (C=O) groups is 3. The van der Waals surface area contributed by atoms with E-state index >= 15 is 0 Å². The van der Waals surface area contributed by atoms with Gasteiger partial charge in [-0.2, -0.15) is 0 Å². The lowest BCUT2D eigenvalue weighted by Gasteiger charge is -2.30. The molecular weight excluding hydrogens is 695 g/mol. The number of ether oxygens (including phenoxy) is 2. The molecule has 3 atom stereocenters. The minimum atomic E-state index is -0.677. The van der Waals surface area contributed by atoms with Crippen LogP contribution in [-0.2, 0) is 14.3 Å².